The molecule has 0 aliphatic carbocycles. The zero-order chi connectivity index (χ0) is 13.8. The van der Waals surface area contributed by atoms with Gasteiger partial charge in [0.15, 0.2) is 0 Å². The van der Waals surface area contributed by atoms with Crippen LogP contribution in [0, 0.1) is 25.2 Å². The van der Waals surface area contributed by atoms with Crippen LogP contribution in [0.1, 0.15) is 22.4 Å². The lowest BCUT2D eigenvalue weighted by molar-refractivity contribution is 0.682. The average molecular weight is 270 g/mol. The van der Waals surface area contributed by atoms with Crippen molar-refractivity contribution in [1.29, 1.82) is 5.26 Å². The van der Waals surface area contributed by atoms with E-state index in [1.54, 1.807) is 18.3 Å². The van der Waals surface area contributed by atoms with Crippen LogP contribution in [0.2, 0.25) is 0 Å². The third-order valence-electron chi connectivity index (χ3n) is 2.81. The van der Waals surface area contributed by atoms with Crippen LogP contribution in [-0.2, 0) is 16.6 Å². The Labute approximate surface area is 115 Å². The van der Waals surface area contributed by atoms with E-state index in [0.29, 0.717) is 11.4 Å². The van der Waals surface area contributed by atoms with Crippen LogP contribution in [0.5, 0.6) is 0 Å². The van der Waals surface area contributed by atoms with Crippen LogP contribution in [0.25, 0.3) is 0 Å². The lowest BCUT2D eigenvalue weighted by atomic mass is 10.2. The van der Waals surface area contributed by atoms with Crippen molar-refractivity contribution >= 4 is 10.8 Å². The molecule has 0 aliphatic heterocycles. The molecule has 0 N–H and O–H groups in total. The number of hydrogen-bond acceptors (Lipinski definition) is 3. The van der Waals surface area contributed by atoms with Crippen molar-refractivity contribution < 1.29 is 4.21 Å². The lowest BCUT2D eigenvalue weighted by Crippen LogP contribution is -2.00. The molecule has 1 aromatic heterocycles. The molecular formula is C15H14N2OS. The molecular weight excluding hydrogens is 256 g/mol. The van der Waals surface area contributed by atoms with Gasteiger partial charge in [0.25, 0.3) is 0 Å². The maximum atomic E-state index is 12.4. The Morgan fingerprint density at radius 2 is 2.05 bits per heavy atom. The summed E-state index contributed by atoms with van der Waals surface area (Å²) < 4.78 is 12.4. The monoisotopic (exact) mass is 270 g/mol. The van der Waals surface area contributed by atoms with E-state index in [-0.39, 0.29) is 0 Å². The Hall–Kier alpha value is -1.99. The topological polar surface area (TPSA) is 53.8 Å². The van der Waals surface area contributed by atoms with Crippen LogP contribution >= 0.6 is 0 Å². The van der Waals surface area contributed by atoms with Gasteiger partial charge >= 0.3 is 0 Å². The summed E-state index contributed by atoms with van der Waals surface area (Å²) in [6.07, 6.45) is 1.58. The van der Waals surface area contributed by atoms with Gasteiger partial charge in [-0.15, -0.1) is 0 Å². The molecule has 0 saturated heterocycles. The molecule has 4 heteroatoms. The zero-order valence-corrected chi connectivity index (χ0v) is 11.7. The molecule has 2 aromatic rings. The highest BCUT2D eigenvalue weighted by molar-refractivity contribution is 7.84. The minimum Gasteiger partial charge on any atom is -0.254 e. The molecule has 96 valence electrons. The molecule has 1 aromatic carbocycles. The van der Waals surface area contributed by atoms with Gasteiger partial charge in [-0.2, -0.15) is 5.26 Å². The molecule has 0 amide bonds. The fraction of sp³-hybridized carbons (Fsp3) is 0.200. The van der Waals surface area contributed by atoms with E-state index in [1.807, 2.05) is 38.1 Å². The molecule has 1 heterocycles. The SMILES string of the molecule is Cc1ccc(S(=O)Cc2ccnc(C#N)c2)c(C)c1. The second kappa shape index (κ2) is 5.77. The lowest BCUT2D eigenvalue weighted by Gasteiger charge is -2.07. The van der Waals surface area contributed by atoms with Gasteiger partial charge in [0.05, 0.1) is 16.6 Å². The van der Waals surface area contributed by atoms with E-state index in [1.165, 1.54) is 0 Å². The Balaban J connectivity index is 2.23. The highest BCUT2D eigenvalue weighted by atomic mass is 32.2. The van der Waals surface area contributed by atoms with Gasteiger partial charge in [-0.25, -0.2) is 4.98 Å². The van der Waals surface area contributed by atoms with E-state index in [4.69, 9.17) is 5.26 Å². The maximum absolute atomic E-state index is 12.4. The molecule has 0 fully saturated rings. The second-order valence-electron chi connectivity index (χ2n) is 4.42. The zero-order valence-electron chi connectivity index (χ0n) is 10.9. The Kier molecular flexibility index (Phi) is 4.08. The predicted octanol–water partition coefficient (Wildman–Crippen LogP) is 2.88. The van der Waals surface area contributed by atoms with Crippen molar-refractivity contribution in [2.24, 2.45) is 0 Å². The molecule has 0 spiro atoms. The number of rotatable bonds is 3. The van der Waals surface area contributed by atoms with Gasteiger partial charge in [0.1, 0.15) is 11.8 Å². The van der Waals surface area contributed by atoms with Gasteiger partial charge in [-0.3, -0.25) is 4.21 Å². The highest BCUT2D eigenvalue weighted by Crippen LogP contribution is 2.18. The van der Waals surface area contributed by atoms with Crippen LogP contribution in [0.3, 0.4) is 0 Å². The van der Waals surface area contributed by atoms with Gasteiger partial charge in [-0.05, 0) is 43.2 Å². The van der Waals surface area contributed by atoms with E-state index in [2.05, 4.69) is 4.98 Å². The summed E-state index contributed by atoms with van der Waals surface area (Å²) in [6, 6.07) is 11.4. The van der Waals surface area contributed by atoms with Gasteiger partial charge in [-0.1, -0.05) is 17.7 Å². The summed E-state index contributed by atoms with van der Waals surface area (Å²) in [5, 5.41) is 8.80. The maximum Gasteiger partial charge on any atom is 0.140 e. The molecule has 3 nitrogen and oxygen atoms in total. The predicted molar refractivity (Wildman–Crippen MR) is 75.0 cm³/mol. The van der Waals surface area contributed by atoms with Gasteiger partial charge in [0, 0.05) is 11.1 Å². The first-order chi connectivity index (χ1) is 9.10. The van der Waals surface area contributed by atoms with Crippen LogP contribution in [0.15, 0.2) is 41.4 Å². The highest BCUT2D eigenvalue weighted by Gasteiger charge is 2.09. The van der Waals surface area contributed by atoms with Crippen LogP contribution in [0.4, 0.5) is 0 Å². The summed E-state index contributed by atoms with van der Waals surface area (Å²) in [7, 11) is -1.10. The van der Waals surface area contributed by atoms with Gasteiger partial charge in [0.2, 0.25) is 0 Å². The van der Waals surface area contributed by atoms with E-state index < -0.39 is 10.8 Å². The Bertz CT molecular complexity index is 674. The van der Waals surface area contributed by atoms with Crippen molar-refractivity contribution in [3.8, 4) is 6.07 Å². The van der Waals surface area contributed by atoms with Crippen molar-refractivity contribution in [3.05, 3.63) is 58.9 Å². The third-order valence-corrected chi connectivity index (χ3v) is 4.36. The second-order valence-corrected chi connectivity index (χ2v) is 5.84. The smallest absolute Gasteiger partial charge is 0.140 e. The number of hydrogen-bond donors (Lipinski definition) is 0. The minimum absolute atomic E-state index is 0.357. The Morgan fingerprint density at radius 1 is 1.26 bits per heavy atom. The van der Waals surface area contributed by atoms with Crippen molar-refractivity contribution in [2.75, 3.05) is 0 Å². The van der Waals surface area contributed by atoms with E-state index in [0.717, 1.165) is 21.6 Å². The molecule has 0 bridgehead atoms. The van der Waals surface area contributed by atoms with Crippen molar-refractivity contribution in [2.45, 2.75) is 24.5 Å². The molecule has 0 radical (unpaired) electrons. The molecule has 0 saturated carbocycles. The largest absolute Gasteiger partial charge is 0.254 e. The number of aryl methyl sites for hydroxylation is 2. The van der Waals surface area contributed by atoms with E-state index >= 15 is 0 Å². The normalized spacial score (nSPS) is 11.8. The fourth-order valence-electron chi connectivity index (χ4n) is 1.91. The molecule has 1 unspecified atom stereocenters. The Morgan fingerprint density at radius 3 is 2.74 bits per heavy atom. The molecule has 19 heavy (non-hydrogen) atoms. The third kappa shape index (κ3) is 3.27. The summed E-state index contributed by atoms with van der Waals surface area (Å²) in [5.74, 6) is 0.404. The minimum atomic E-state index is -1.10. The van der Waals surface area contributed by atoms with Crippen molar-refractivity contribution in [1.82, 2.24) is 4.98 Å². The standard InChI is InChI=1S/C15H14N2OS/c1-11-3-4-15(12(2)7-11)19(18)10-13-5-6-17-14(8-13)9-16/h3-8H,10H2,1-2H3. The summed E-state index contributed by atoms with van der Waals surface area (Å²) in [6.45, 7) is 3.98. The molecule has 2 rings (SSSR count). The summed E-state index contributed by atoms with van der Waals surface area (Å²) in [5.41, 5.74) is 3.42. The first-order valence-corrected chi connectivity index (χ1v) is 7.22. The van der Waals surface area contributed by atoms with Crippen molar-refractivity contribution in [3.63, 3.8) is 0 Å². The van der Waals surface area contributed by atoms with Gasteiger partial charge < -0.3 is 0 Å². The first-order valence-electron chi connectivity index (χ1n) is 5.91. The fourth-order valence-corrected chi connectivity index (χ4v) is 3.18. The van der Waals surface area contributed by atoms with Crippen LogP contribution in [-0.4, -0.2) is 9.19 Å². The number of pyridine rings is 1. The number of benzene rings is 1. The quantitative estimate of drug-likeness (QED) is 0.861. The summed E-state index contributed by atoms with van der Waals surface area (Å²) in [4.78, 5) is 4.76. The number of nitriles is 1. The van der Waals surface area contributed by atoms with E-state index in [9.17, 15) is 4.21 Å². The van der Waals surface area contributed by atoms with Crippen LogP contribution < -0.4 is 0 Å². The first kappa shape index (κ1) is 13.4. The molecule has 1 atom stereocenters. The average Bonchev–Trinajstić information content (AvgIpc) is 2.38. The summed E-state index contributed by atoms with van der Waals surface area (Å²) >= 11 is 0. The number of aromatic nitrogens is 1. The molecule has 0 aliphatic rings. The number of nitrogens with zero attached hydrogens (tertiary/aromatic N) is 2.